The Morgan fingerprint density at radius 3 is 2.24 bits per heavy atom. The summed E-state index contributed by atoms with van der Waals surface area (Å²) in [6, 6.07) is 19.0. The molecule has 440 valence electrons. The van der Waals surface area contributed by atoms with Gasteiger partial charge in [0.25, 0.3) is 5.91 Å². The number of ketones is 1. The Morgan fingerprint density at radius 2 is 1.59 bits per heavy atom. The van der Waals surface area contributed by atoms with Crippen LogP contribution in [0, 0.1) is 35.5 Å². The highest BCUT2D eigenvalue weighted by Crippen LogP contribution is 2.51. The minimum atomic E-state index is -0.726. The van der Waals surface area contributed by atoms with Crippen molar-refractivity contribution in [2.45, 2.75) is 178 Å². The number of nitrogens with zero attached hydrogens (tertiary/aromatic N) is 7. The first-order valence-electron chi connectivity index (χ1n) is 30.0. The van der Waals surface area contributed by atoms with Crippen molar-refractivity contribution in [3.63, 3.8) is 0 Å². The average Bonchev–Trinajstić information content (AvgIpc) is 3.98. The molecule has 2 aliphatic carbocycles. The van der Waals surface area contributed by atoms with Crippen LogP contribution >= 0.6 is 23.1 Å². The monoisotopic (exact) mass is 1160 g/mol. The summed E-state index contributed by atoms with van der Waals surface area (Å²) in [6.45, 7) is 16.3. The van der Waals surface area contributed by atoms with Gasteiger partial charge in [0.15, 0.2) is 11.5 Å². The topological polar surface area (TPSA) is 201 Å². The van der Waals surface area contributed by atoms with E-state index in [1.54, 1.807) is 29.8 Å². The molecule has 18 heteroatoms. The van der Waals surface area contributed by atoms with Crippen LogP contribution in [-0.2, 0) is 14.4 Å². The normalized spacial score (nSPS) is 21.2. The van der Waals surface area contributed by atoms with E-state index in [-0.39, 0.29) is 47.6 Å². The van der Waals surface area contributed by atoms with Gasteiger partial charge < -0.3 is 31.5 Å². The smallest absolute Gasteiger partial charge is 0.272 e. The number of halogens is 1. The number of hydrogen-bond donors (Lipinski definition) is 4. The highest BCUT2D eigenvalue weighted by atomic mass is 32.2. The fraction of sp³-hybridized carbons (Fsp3) is 0.578. The number of nitrogens with one attached hydrogen (secondary N) is 3. The van der Waals surface area contributed by atoms with Crippen molar-refractivity contribution in [2.75, 3.05) is 49.6 Å². The number of alkyl halides is 1. The van der Waals surface area contributed by atoms with Gasteiger partial charge in [-0.25, -0.2) is 19.3 Å². The van der Waals surface area contributed by atoms with Gasteiger partial charge in [0, 0.05) is 67.0 Å². The summed E-state index contributed by atoms with van der Waals surface area (Å²) >= 11 is 3.14. The van der Waals surface area contributed by atoms with Crippen LogP contribution in [0.5, 0.6) is 0 Å². The summed E-state index contributed by atoms with van der Waals surface area (Å²) in [7, 11) is 0. The van der Waals surface area contributed by atoms with E-state index >= 15 is 0 Å². The number of benzene rings is 2. The van der Waals surface area contributed by atoms with E-state index in [4.69, 9.17) is 5.73 Å². The Labute approximate surface area is 493 Å². The summed E-state index contributed by atoms with van der Waals surface area (Å²) in [5.74, 6) is 1.05. The van der Waals surface area contributed by atoms with Crippen LogP contribution in [0.25, 0.3) is 10.4 Å². The van der Waals surface area contributed by atoms with Crippen LogP contribution in [0.15, 0.2) is 88.5 Å². The third-order valence-corrected chi connectivity index (χ3v) is 19.8. The molecule has 4 aliphatic rings. The summed E-state index contributed by atoms with van der Waals surface area (Å²) in [6.07, 6.45) is 17.7. The van der Waals surface area contributed by atoms with E-state index in [0.29, 0.717) is 56.0 Å². The molecule has 2 saturated carbocycles. The molecule has 1 spiro atoms. The van der Waals surface area contributed by atoms with E-state index < -0.39 is 29.6 Å². The third-order valence-electron chi connectivity index (χ3n) is 17.9. The second-order valence-electron chi connectivity index (χ2n) is 25.6. The van der Waals surface area contributed by atoms with Crippen LogP contribution < -0.4 is 26.6 Å². The Hall–Kier alpha value is -5.69. The molecule has 6 atom stereocenters. The van der Waals surface area contributed by atoms with E-state index in [1.807, 2.05) is 70.5 Å². The summed E-state index contributed by atoms with van der Waals surface area (Å²) in [4.78, 5) is 74.6. The minimum Gasteiger partial charge on any atom is -0.355 e. The molecule has 5 heterocycles. The average molecular weight is 1160 g/mol. The van der Waals surface area contributed by atoms with Crippen molar-refractivity contribution in [1.82, 2.24) is 40.7 Å². The van der Waals surface area contributed by atoms with Crippen molar-refractivity contribution in [3.8, 4) is 10.4 Å². The SMILES string of the molecule is Cc1ncsc1-c1ccc([C@H](C)NC(=O)[C@@H]2CC(C)CC2CCC(=O)[C@@H](NC(=O)c2ccc(C3CCC4(C3)CN(CCCCCCCCC(=O)Nc3ccc(Sc5cnc(N6CCC(N)(CF)CC6)cn5)cc3)C4)nn2)C(C)(C)C)cc1. The number of unbranched alkanes of at least 4 members (excludes halogenated alkanes) is 5. The molecule has 3 amide bonds. The first-order valence-corrected chi connectivity index (χ1v) is 31.7. The van der Waals surface area contributed by atoms with Crippen molar-refractivity contribution in [3.05, 3.63) is 101 Å². The molecule has 2 aromatic carbocycles. The largest absolute Gasteiger partial charge is 0.355 e. The molecule has 2 saturated heterocycles. The molecule has 5 aromatic rings. The second-order valence-corrected chi connectivity index (χ2v) is 27.5. The molecular formula is C64H86FN11O4S2. The minimum absolute atomic E-state index is 0.0300. The van der Waals surface area contributed by atoms with Crippen molar-refractivity contribution < 1.29 is 23.6 Å². The Morgan fingerprint density at radius 1 is 0.854 bits per heavy atom. The Balaban J connectivity index is 0.624. The lowest BCUT2D eigenvalue weighted by Crippen LogP contribution is -2.55. The van der Waals surface area contributed by atoms with Crippen LogP contribution in [-0.4, -0.2) is 105 Å². The second kappa shape index (κ2) is 27.3. The summed E-state index contributed by atoms with van der Waals surface area (Å²) in [5, 5.41) is 19.1. The molecule has 4 fully saturated rings. The predicted octanol–water partition coefficient (Wildman–Crippen LogP) is 12.1. The van der Waals surface area contributed by atoms with E-state index in [0.717, 1.165) is 113 Å². The van der Waals surface area contributed by atoms with Crippen LogP contribution in [0.2, 0.25) is 0 Å². The number of carbonyl (C=O) groups excluding carboxylic acids is 4. The lowest BCUT2D eigenvalue weighted by Gasteiger charge is -2.48. The predicted molar refractivity (Wildman–Crippen MR) is 325 cm³/mol. The van der Waals surface area contributed by atoms with Crippen molar-refractivity contribution in [1.29, 1.82) is 0 Å². The number of thiazole rings is 1. The number of carbonyl (C=O) groups is 4. The summed E-state index contributed by atoms with van der Waals surface area (Å²) < 4.78 is 13.3. The zero-order valence-electron chi connectivity index (χ0n) is 49.1. The fourth-order valence-corrected chi connectivity index (χ4v) is 14.5. The number of aryl methyl sites for hydroxylation is 1. The zero-order chi connectivity index (χ0) is 58.0. The van der Waals surface area contributed by atoms with Crippen LogP contribution in [0.1, 0.15) is 177 Å². The first kappa shape index (κ1) is 60.9. The van der Waals surface area contributed by atoms with Crippen molar-refractivity contribution >= 4 is 58.1 Å². The van der Waals surface area contributed by atoms with Crippen LogP contribution in [0.3, 0.4) is 0 Å². The Bertz CT molecular complexity index is 2920. The highest BCUT2D eigenvalue weighted by molar-refractivity contribution is 7.99. The van der Waals surface area contributed by atoms with Gasteiger partial charge in [0.05, 0.1) is 46.3 Å². The van der Waals surface area contributed by atoms with Gasteiger partial charge in [0.2, 0.25) is 11.8 Å². The zero-order valence-corrected chi connectivity index (χ0v) is 50.7. The van der Waals surface area contributed by atoms with Gasteiger partial charge in [-0.05, 0) is 155 Å². The quantitative estimate of drug-likeness (QED) is 0.0403. The summed E-state index contributed by atoms with van der Waals surface area (Å²) in [5.41, 5.74) is 12.1. The molecule has 15 nitrogen and oxygen atoms in total. The van der Waals surface area contributed by atoms with Gasteiger partial charge in [-0.15, -0.1) is 16.4 Å². The molecule has 82 heavy (non-hydrogen) atoms. The number of amides is 3. The number of nitrogens with two attached hydrogens (primary N) is 1. The number of piperidine rings is 1. The number of rotatable bonds is 25. The van der Waals surface area contributed by atoms with Crippen LogP contribution in [0.4, 0.5) is 15.9 Å². The Kier molecular flexibility index (Phi) is 20.3. The van der Waals surface area contributed by atoms with Gasteiger partial charge in [-0.2, -0.15) is 5.10 Å². The standard InChI is InChI=1S/C64H86FN11O4S2/c1-42-33-47(51(34-42)60(79)70-43(2)45-14-16-46(17-15-45)58-44(3)69-41-81-58)18-25-54(77)59(62(4,5)6)72-61(80)53-24-23-52(73-74-53)48-26-27-63(35-48)39-75(40-63)30-12-10-8-7-9-11-13-56(78)71-49-19-21-50(22-20-49)82-57-37-67-55(36-68-57)76-31-28-64(66,38-65)29-32-76/h14-17,19-24,36-37,41-43,47-48,51,59H,7-13,18,25-35,38-40,66H2,1-6H3,(H,70,79)(H,71,78)(H,72,80)/t42?,43-,47?,48?,51+,59+/m0/s1. The van der Waals surface area contributed by atoms with Gasteiger partial charge in [-0.1, -0.05) is 89.4 Å². The number of aromatic nitrogens is 5. The van der Waals surface area contributed by atoms with E-state index in [9.17, 15) is 23.6 Å². The van der Waals surface area contributed by atoms with Crippen molar-refractivity contribution in [2.24, 2.45) is 34.3 Å². The highest BCUT2D eigenvalue weighted by Gasteiger charge is 2.48. The fourth-order valence-electron chi connectivity index (χ4n) is 13.0. The lowest BCUT2D eigenvalue weighted by atomic mass is 9.77. The lowest BCUT2D eigenvalue weighted by molar-refractivity contribution is -0.128. The number of Topliss-reactive ketones (excluding diaryl/α,β-unsaturated/α-hetero) is 1. The van der Waals surface area contributed by atoms with Gasteiger partial charge in [-0.3, -0.25) is 19.2 Å². The van der Waals surface area contributed by atoms with Gasteiger partial charge >= 0.3 is 0 Å². The van der Waals surface area contributed by atoms with E-state index in [1.165, 1.54) is 37.4 Å². The molecular weight excluding hydrogens is 1070 g/mol. The number of likely N-dealkylation sites (tertiary alicyclic amines) is 1. The third kappa shape index (κ3) is 15.9. The molecule has 9 rings (SSSR count). The molecule has 0 radical (unpaired) electrons. The maximum atomic E-state index is 14.0. The maximum Gasteiger partial charge on any atom is 0.272 e. The van der Waals surface area contributed by atoms with Gasteiger partial charge in [0.1, 0.15) is 17.5 Å². The molecule has 3 unspecified atom stereocenters. The molecule has 0 bridgehead atoms. The van der Waals surface area contributed by atoms with E-state index in [2.05, 4.69) is 82.1 Å². The first-order chi connectivity index (χ1) is 39.3. The molecule has 3 aromatic heterocycles. The maximum absolute atomic E-state index is 14.0. The molecule has 2 aliphatic heterocycles. The number of hydrogen-bond acceptors (Lipinski definition) is 14. The number of anilines is 2. The molecule has 5 N–H and O–H groups in total.